The van der Waals surface area contributed by atoms with Crippen LogP contribution in [0.15, 0.2) is 84.0 Å². The molecule has 1 aliphatic rings. The lowest BCUT2D eigenvalue weighted by atomic mass is 9.98. The van der Waals surface area contributed by atoms with Gasteiger partial charge in [0.1, 0.15) is 5.69 Å². The molecule has 5 nitrogen and oxygen atoms in total. The van der Waals surface area contributed by atoms with Gasteiger partial charge in [0.2, 0.25) is 0 Å². The Kier molecular flexibility index (Phi) is 4.32. The van der Waals surface area contributed by atoms with Crippen LogP contribution < -0.4 is 5.43 Å². The highest BCUT2D eigenvalue weighted by Crippen LogP contribution is 2.36. The van der Waals surface area contributed by atoms with Gasteiger partial charge in [0.05, 0.1) is 11.9 Å². The highest BCUT2D eigenvalue weighted by molar-refractivity contribution is 6.03. The molecule has 32 heavy (non-hydrogen) atoms. The lowest BCUT2D eigenvalue weighted by Gasteiger charge is -2.06. The Morgan fingerprint density at radius 2 is 1.69 bits per heavy atom. The standard InChI is InChI=1S/C27H20N4O/c32-27(31-28-16-20-8-3-6-17-5-1-2-9-21(17)20)25-15-24(29-30-25)22-14-13-19-12-11-18-7-4-10-23(22)26(18)19/h1-10,13-16H,11-12H2,(H,29,30)(H,31,32)/b28-16+. The van der Waals surface area contributed by atoms with Crippen LogP contribution >= 0.6 is 0 Å². The van der Waals surface area contributed by atoms with Gasteiger partial charge in [-0.15, -0.1) is 0 Å². The number of H-pyrrole nitrogens is 1. The van der Waals surface area contributed by atoms with Crippen molar-refractivity contribution in [2.24, 2.45) is 5.10 Å². The molecule has 0 spiro atoms. The minimum atomic E-state index is -0.328. The zero-order chi connectivity index (χ0) is 21.5. The van der Waals surface area contributed by atoms with Crippen molar-refractivity contribution >= 4 is 33.7 Å². The SMILES string of the molecule is O=C(N/N=C/c1cccc2ccccc12)c1cc(-c2ccc3c4c(cccc24)CC3)n[nH]1. The van der Waals surface area contributed by atoms with E-state index in [2.05, 4.69) is 63.2 Å². The molecule has 1 aromatic heterocycles. The lowest BCUT2D eigenvalue weighted by molar-refractivity contribution is 0.0950. The second-order valence-electron chi connectivity index (χ2n) is 8.05. The van der Waals surface area contributed by atoms with Gasteiger partial charge >= 0.3 is 0 Å². The predicted molar refractivity (Wildman–Crippen MR) is 128 cm³/mol. The van der Waals surface area contributed by atoms with Crippen LogP contribution in [0.3, 0.4) is 0 Å². The van der Waals surface area contributed by atoms with E-state index in [0.717, 1.165) is 40.4 Å². The number of aromatic amines is 1. The van der Waals surface area contributed by atoms with Gasteiger partial charge in [-0.1, -0.05) is 72.8 Å². The Labute approximate surface area is 184 Å². The van der Waals surface area contributed by atoms with E-state index in [1.807, 2.05) is 30.3 Å². The van der Waals surface area contributed by atoms with Crippen molar-refractivity contribution in [1.82, 2.24) is 15.6 Å². The molecule has 0 saturated carbocycles. The molecule has 2 N–H and O–H groups in total. The molecule has 0 radical (unpaired) electrons. The van der Waals surface area contributed by atoms with Crippen molar-refractivity contribution in [3.05, 3.63) is 101 Å². The predicted octanol–water partition coefficient (Wildman–Crippen LogP) is 5.25. The fourth-order valence-electron chi connectivity index (χ4n) is 4.63. The van der Waals surface area contributed by atoms with E-state index in [1.165, 1.54) is 21.9 Å². The monoisotopic (exact) mass is 416 g/mol. The average molecular weight is 416 g/mol. The number of rotatable bonds is 4. The summed E-state index contributed by atoms with van der Waals surface area (Å²) in [6, 6.07) is 26.6. The summed E-state index contributed by atoms with van der Waals surface area (Å²) in [5, 5.41) is 16.2. The summed E-state index contributed by atoms with van der Waals surface area (Å²) in [5.41, 5.74) is 8.47. The van der Waals surface area contributed by atoms with E-state index in [-0.39, 0.29) is 5.91 Å². The summed E-state index contributed by atoms with van der Waals surface area (Å²) >= 11 is 0. The van der Waals surface area contributed by atoms with Crippen LogP contribution in [0.5, 0.6) is 0 Å². The van der Waals surface area contributed by atoms with E-state index in [1.54, 1.807) is 12.3 Å². The molecular weight excluding hydrogens is 396 g/mol. The number of fused-ring (bicyclic) bond motifs is 1. The first-order valence-electron chi connectivity index (χ1n) is 10.7. The molecule has 154 valence electrons. The second kappa shape index (κ2) is 7.46. The molecule has 1 heterocycles. The highest BCUT2D eigenvalue weighted by Gasteiger charge is 2.18. The van der Waals surface area contributed by atoms with Crippen LogP contribution in [0.25, 0.3) is 32.8 Å². The van der Waals surface area contributed by atoms with Gasteiger partial charge in [0.25, 0.3) is 5.91 Å². The van der Waals surface area contributed by atoms with E-state index in [4.69, 9.17) is 0 Å². The Morgan fingerprint density at radius 3 is 2.62 bits per heavy atom. The number of benzene rings is 4. The van der Waals surface area contributed by atoms with Crippen molar-refractivity contribution < 1.29 is 4.79 Å². The second-order valence-corrected chi connectivity index (χ2v) is 8.05. The number of aryl methyl sites for hydroxylation is 2. The number of amides is 1. The molecule has 6 rings (SSSR count). The largest absolute Gasteiger partial charge is 0.289 e. The van der Waals surface area contributed by atoms with Crippen LogP contribution in [0, 0.1) is 0 Å². The van der Waals surface area contributed by atoms with E-state index < -0.39 is 0 Å². The first-order chi connectivity index (χ1) is 15.8. The number of hydrogen-bond donors (Lipinski definition) is 2. The summed E-state index contributed by atoms with van der Waals surface area (Å²) in [4.78, 5) is 12.6. The van der Waals surface area contributed by atoms with Crippen LogP contribution in [0.1, 0.15) is 27.2 Å². The molecule has 0 unspecified atom stereocenters. The Hall–Kier alpha value is -4.25. The van der Waals surface area contributed by atoms with Crippen LogP contribution in [-0.4, -0.2) is 22.3 Å². The zero-order valence-electron chi connectivity index (χ0n) is 17.3. The molecule has 0 bridgehead atoms. The number of carbonyl (C=O) groups is 1. The maximum absolute atomic E-state index is 12.6. The number of hydrogen-bond acceptors (Lipinski definition) is 3. The number of carbonyl (C=O) groups excluding carboxylic acids is 1. The van der Waals surface area contributed by atoms with Crippen LogP contribution in [0.4, 0.5) is 0 Å². The van der Waals surface area contributed by atoms with Gasteiger partial charge in [0.15, 0.2) is 0 Å². The van der Waals surface area contributed by atoms with Crippen molar-refractivity contribution in [3.8, 4) is 11.3 Å². The molecule has 5 aromatic rings. The molecule has 4 aromatic carbocycles. The molecule has 0 atom stereocenters. The van der Waals surface area contributed by atoms with Gasteiger partial charge in [-0.05, 0) is 51.6 Å². The minimum Gasteiger partial charge on any atom is -0.272 e. The number of hydrazone groups is 1. The summed E-state index contributed by atoms with van der Waals surface area (Å²) < 4.78 is 0. The van der Waals surface area contributed by atoms with Crippen molar-refractivity contribution in [1.29, 1.82) is 0 Å². The van der Waals surface area contributed by atoms with Crippen molar-refractivity contribution in [2.45, 2.75) is 12.8 Å². The van der Waals surface area contributed by atoms with Gasteiger partial charge in [-0.25, -0.2) is 5.43 Å². The Bertz CT molecular complexity index is 1510. The van der Waals surface area contributed by atoms with Crippen molar-refractivity contribution in [2.75, 3.05) is 0 Å². The lowest BCUT2D eigenvalue weighted by Crippen LogP contribution is -2.18. The number of nitrogens with zero attached hydrogens (tertiary/aromatic N) is 2. The first kappa shape index (κ1) is 18.5. The number of aromatic nitrogens is 2. The number of nitrogens with one attached hydrogen (secondary N) is 2. The summed E-state index contributed by atoms with van der Waals surface area (Å²) in [6.07, 6.45) is 3.83. The van der Waals surface area contributed by atoms with Crippen LogP contribution in [-0.2, 0) is 12.8 Å². The van der Waals surface area contributed by atoms with E-state index in [0.29, 0.717) is 5.69 Å². The van der Waals surface area contributed by atoms with Gasteiger partial charge in [-0.2, -0.15) is 10.2 Å². The maximum atomic E-state index is 12.6. The topological polar surface area (TPSA) is 70.1 Å². The minimum absolute atomic E-state index is 0.328. The molecule has 0 aliphatic heterocycles. The molecule has 0 saturated heterocycles. The van der Waals surface area contributed by atoms with Crippen molar-refractivity contribution in [3.63, 3.8) is 0 Å². The molecule has 1 aliphatic carbocycles. The summed E-state index contributed by atoms with van der Waals surface area (Å²) in [6.45, 7) is 0. The summed E-state index contributed by atoms with van der Waals surface area (Å²) in [7, 11) is 0. The van der Waals surface area contributed by atoms with Gasteiger partial charge in [0, 0.05) is 11.1 Å². The van der Waals surface area contributed by atoms with E-state index >= 15 is 0 Å². The Morgan fingerprint density at radius 1 is 0.906 bits per heavy atom. The average Bonchev–Trinajstić information content (AvgIpc) is 3.49. The zero-order valence-corrected chi connectivity index (χ0v) is 17.3. The summed E-state index contributed by atoms with van der Waals surface area (Å²) in [5.74, 6) is -0.328. The van der Waals surface area contributed by atoms with Gasteiger partial charge in [-0.3, -0.25) is 9.89 Å². The normalized spacial score (nSPS) is 12.8. The highest BCUT2D eigenvalue weighted by atomic mass is 16.2. The Balaban J connectivity index is 1.25. The molecule has 1 amide bonds. The first-order valence-corrected chi connectivity index (χ1v) is 10.7. The van der Waals surface area contributed by atoms with Crippen LogP contribution in [0.2, 0.25) is 0 Å². The fourth-order valence-corrected chi connectivity index (χ4v) is 4.63. The smallest absolute Gasteiger partial charge is 0.272 e. The molecule has 0 fully saturated rings. The molecular formula is C27H20N4O. The third-order valence-corrected chi connectivity index (χ3v) is 6.17. The fraction of sp³-hybridized carbons (Fsp3) is 0.0741. The maximum Gasteiger partial charge on any atom is 0.289 e. The quantitative estimate of drug-likeness (QED) is 0.310. The van der Waals surface area contributed by atoms with E-state index in [9.17, 15) is 4.79 Å². The third-order valence-electron chi connectivity index (χ3n) is 6.17. The third kappa shape index (κ3) is 3.06. The molecule has 5 heteroatoms. The van der Waals surface area contributed by atoms with Gasteiger partial charge < -0.3 is 0 Å².